The summed E-state index contributed by atoms with van der Waals surface area (Å²) in [5.74, 6) is 0.901. The molecule has 3 unspecified atom stereocenters. The zero-order valence-corrected chi connectivity index (χ0v) is 11.5. The molecule has 1 aromatic carbocycles. The van der Waals surface area contributed by atoms with E-state index in [1.807, 2.05) is 12.1 Å². The highest BCUT2D eigenvalue weighted by Gasteiger charge is 2.33. The lowest BCUT2D eigenvalue weighted by Crippen LogP contribution is -2.34. The van der Waals surface area contributed by atoms with Gasteiger partial charge in [0.25, 0.3) is 0 Å². The van der Waals surface area contributed by atoms with E-state index < -0.39 is 0 Å². The van der Waals surface area contributed by atoms with Crippen LogP contribution in [0.25, 0.3) is 0 Å². The van der Waals surface area contributed by atoms with E-state index >= 15 is 0 Å². The van der Waals surface area contributed by atoms with E-state index in [0.717, 1.165) is 32.1 Å². The van der Waals surface area contributed by atoms with Crippen LogP contribution in [0.2, 0.25) is 0 Å². The quantitative estimate of drug-likeness (QED) is 0.704. The number of hydrogen-bond acceptors (Lipinski definition) is 4. The molecule has 19 heavy (non-hydrogen) atoms. The smallest absolute Gasteiger partial charge is 0.118 e. The van der Waals surface area contributed by atoms with Crippen LogP contribution in [0, 0.1) is 0 Å². The fourth-order valence-electron chi connectivity index (χ4n) is 2.35. The van der Waals surface area contributed by atoms with Crippen molar-refractivity contribution in [3.8, 4) is 5.75 Å². The van der Waals surface area contributed by atoms with Gasteiger partial charge in [-0.15, -0.1) is 0 Å². The first-order valence-electron chi connectivity index (χ1n) is 6.87. The SMILES string of the molecule is COc1ccc(C(C)N(CC2CO2)CC2CO2)cc1. The highest BCUT2D eigenvalue weighted by atomic mass is 16.6. The minimum atomic E-state index is 0.374. The number of nitrogens with zero attached hydrogens (tertiary/aromatic N) is 1. The number of rotatable bonds is 7. The van der Waals surface area contributed by atoms with Gasteiger partial charge in [-0.1, -0.05) is 12.1 Å². The van der Waals surface area contributed by atoms with Crippen molar-refractivity contribution < 1.29 is 14.2 Å². The second kappa shape index (κ2) is 5.49. The molecule has 2 aliphatic rings. The third-order valence-electron chi connectivity index (χ3n) is 3.83. The highest BCUT2D eigenvalue weighted by molar-refractivity contribution is 5.29. The molecule has 0 amide bonds. The summed E-state index contributed by atoms with van der Waals surface area (Å²) in [6.07, 6.45) is 0.832. The van der Waals surface area contributed by atoms with Gasteiger partial charge in [0.05, 0.1) is 32.5 Å². The molecule has 3 rings (SSSR count). The number of methoxy groups -OCH3 is 1. The van der Waals surface area contributed by atoms with E-state index in [4.69, 9.17) is 14.2 Å². The van der Waals surface area contributed by atoms with Gasteiger partial charge in [-0.3, -0.25) is 4.90 Å². The van der Waals surface area contributed by atoms with Crippen molar-refractivity contribution in [1.82, 2.24) is 4.90 Å². The zero-order chi connectivity index (χ0) is 13.2. The Morgan fingerprint density at radius 3 is 2.11 bits per heavy atom. The van der Waals surface area contributed by atoms with Crippen LogP contribution in [0.1, 0.15) is 18.5 Å². The van der Waals surface area contributed by atoms with Crippen LogP contribution < -0.4 is 4.74 Å². The van der Waals surface area contributed by atoms with Crippen molar-refractivity contribution in [2.45, 2.75) is 25.2 Å². The summed E-state index contributed by atoms with van der Waals surface area (Å²) >= 11 is 0. The van der Waals surface area contributed by atoms with Crippen LogP contribution in [-0.2, 0) is 9.47 Å². The Morgan fingerprint density at radius 2 is 1.68 bits per heavy atom. The Hall–Kier alpha value is -1.10. The van der Waals surface area contributed by atoms with Crippen molar-refractivity contribution in [3.05, 3.63) is 29.8 Å². The van der Waals surface area contributed by atoms with E-state index in [2.05, 4.69) is 24.0 Å². The van der Waals surface area contributed by atoms with Crippen molar-refractivity contribution in [3.63, 3.8) is 0 Å². The van der Waals surface area contributed by atoms with Crippen LogP contribution in [0.4, 0.5) is 0 Å². The molecule has 2 fully saturated rings. The maximum atomic E-state index is 5.36. The third kappa shape index (κ3) is 3.47. The molecule has 0 radical (unpaired) electrons. The molecular weight excluding hydrogens is 242 g/mol. The van der Waals surface area contributed by atoms with Gasteiger partial charge in [-0.25, -0.2) is 0 Å². The minimum absolute atomic E-state index is 0.374. The first-order valence-corrected chi connectivity index (χ1v) is 6.87. The van der Waals surface area contributed by atoms with Crippen LogP contribution in [0.15, 0.2) is 24.3 Å². The Balaban J connectivity index is 1.67. The summed E-state index contributed by atoms with van der Waals surface area (Å²) < 4.78 is 15.9. The summed E-state index contributed by atoms with van der Waals surface area (Å²) in [6.45, 7) is 6.03. The topological polar surface area (TPSA) is 37.5 Å². The van der Waals surface area contributed by atoms with Gasteiger partial charge in [0.1, 0.15) is 5.75 Å². The van der Waals surface area contributed by atoms with Gasteiger partial charge >= 0.3 is 0 Å². The number of epoxide rings is 2. The fourth-order valence-corrected chi connectivity index (χ4v) is 2.35. The summed E-state index contributed by atoms with van der Waals surface area (Å²) in [7, 11) is 1.69. The molecule has 0 N–H and O–H groups in total. The lowest BCUT2D eigenvalue weighted by molar-refractivity contribution is 0.173. The van der Waals surface area contributed by atoms with Gasteiger partial charge in [-0.05, 0) is 24.6 Å². The molecule has 0 saturated carbocycles. The molecule has 1 aromatic rings. The predicted molar refractivity (Wildman–Crippen MR) is 72.5 cm³/mol. The van der Waals surface area contributed by atoms with E-state index in [9.17, 15) is 0 Å². The highest BCUT2D eigenvalue weighted by Crippen LogP contribution is 2.27. The van der Waals surface area contributed by atoms with Crippen molar-refractivity contribution in [1.29, 1.82) is 0 Å². The summed E-state index contributed by atoms with van der Waals surface area (Å²) in [5.41, 5.74) is 1.31. The normalized spacial score (nSPS) is 26.3. The Labute approximate surface area is 114 Å². The molecule has 0 aliphatic carbocycles. The zero-order valence-electron chi connectivity index (χ0n) is 11.5. The van der Waals surface area contributed by atoms with E-state index in [-0.39, 0.29) is 0 Å². The summed E-state index contributed by atoms with van der Waals surface area (Å²) in [5, 5.41) is 0. The van der Waals surface area contributed by atoms with Gasteiger partial charge in [0, 0.05) is 19.1 Å². The number of benzene rings is 1. The number of ether oxygens (including phenoxy) is 3. The van der Waals surface area contributed by atoms with Gasteiger partial charge in [0.2, 0.25) is 0 Å². The van der Waals surface area contributed by atoms with Crippen molar-refractivity contribution >= 4 is 0 Å². The predicted octanol–water partition coefficient (Wildman–Crippen LogP) is 1.86. The van der Waals surface area contributed by atoms with Crippen LogP contribution in [-0.4, -0.2) is 50.5 Å². The standard InChI is InChI=1S/C15H21NO3/c1-11(12-3-5-13(17-2)6-4-12)16(7-14-9-18-14)8-15-10-19-15/h3-6,11,14-15H,7-10H2,1-2H3. The van der Waals surface area contributed by atoms with Gasteiger partial charge in [-0.2, -0.15) is 0 Å². The van der Waals surface area contributed by atoms with Crippen LogP contribution >= 0.6 is 0 Å². The molecule has 2 saturated heterocycles. The lowest BCUT2D eigenvalue weighted by Gasteiger charge is -2.28. The van der Waals surface area contributed by atoms with Gasteiger partial charge in [0.15, 0.2) is 0 Å². The van der Waals surface area contributed by atoms with E-state index in [0.29, 0.717) is 18.2 Å². The molecule has 0 bridgehead atoms. The Morgan fingerprint density at radius 1 is 1.16 bits per heavy atom. The lowest BCUT2D eigenvalue weighted by atomic mass is 10.1. The van der Waals surface area contributed by atoms with Crippen LogP contribution in [0.3, 0.4) is 0 Å². The number of hydrogen-bond donors (Lipinski definition) is 0. The Bertz CT molecular complexity index is 398. The second-order valence-corrected chi connectivity index (χ2v) is 5.31. The Kier molecular flexibility index (Phi) is 3.73. The third-order valence-corrected chi connectivity index (χ3v) is 3.83. The van der Waals surface area contributed by atoms with Gasteiger partial charge < -0.3 is 14.2 Å². The summed E-state index contributed by atoms with van der Waals surface area (Å²) in [4.78, 5) is 2.46. The van der Waals surface area contributed by atoms with Crippen molar-refractivity contribution in [2.75, 3.05) is 33.4 Å². The molecular formula is C15H21NO3. The summed E-state index contributed by atoms with van der Waals surface area (Å²) in [6, 6.07) is 8.69. The monoisotopic (exact) mass is 263 g/mol. The molecule has 2 heterocycles. The van der Waals surface area contributed by atoms with Crippen LogP contribution in [0.5, 0.6) is 5.75 Å². The maximum Gasteiger partial charge on any atom is 0.118 e. The molecule has 4 nitrogen and oxygen atoms in total. The first kappa shape index (κ1) is 12.9. The average molecular weight is 263 g/mol. The molecule has 4 heteroatoms. The van der Waals surface area contributed by atoms with E-state index in [1.165, 1.54) is 5.56 Å². The minimum Gasteiger partial charge on any atom is -0.497 e. The first-order chi connectivity index (χ1) is 9.26. The largest absolute Gasteiger partial charge is 0.497 e. The molecule has 2 aliphatic heterocycles. The average Bonchev–Trinajstić information content (AvgIpc) is 3.32. The molecule has 3 atom stereocenters. The molecule has 104 valence electrons. The second-order valence-electron chi connectivity index (χ2n) is 5.31. The molecule has 0 aromatic heterocycles. The fraction of sp³-hybridized carbons (Fsp3) is 0.600. The van der Waals surface area contributed by atoms with Crippen molar-refractivity contribution in [2.24, 2.45) is 0 Å². The van der Waals surface area contributed by atoms with E-state index in [1.54, 1.807) is 7.11 Å². The maximum absolute atomic E-state index is 5.36. The molecule has 0 spiro atoms.